The van der Waals surface area contributed by atoms with E-state index in [0.717, 1.165) is 0 Å². The number of carbonyl (C=O) groups excluding carboxylic acids is 1. The fourth-order valence-corrected chi connectivity index (χ4v) is 5.12. The molecule has 3 aromatic rings. The molecule has 3 N–H and O–H groups in total. The smallest absolute Gasteiger partial charge is 0.416 e. The van der Waals surface area contributed by atoms with Crippen molar-refractivity contribution in [1.82, 2.24) is 15.0 Å². The SMILES string of the molecule is CCOC(=O)N1c2ccc(OC)nc2[C@@H](Nc2ncc(NCC(C)O)c(Cc3cc(C(F)(F)F)cc(C(F)(F)F)c3)n2)C[C@H]1CC. The number of nitrogens with zero attached hydrogens (tertiary/aromatic N) is 4. The Kier molecular flexibility index (Phi) is 10.5. The van der Waals surface area contributed by atoms with Crippen molar-refractivity contribution in [2.45, 2.75) is 70.6 Å². The molecular formula is C30H34F6N6O4. The van der Waals surface area contributed by atoms with Gasteiger partial charge in [0.25, 0.3) is 0 Å². The molecule has 3 heterocycles. The van der Waals surface area contributed by atoms with Crippen molar-refractivity contribution in [2.75, 3.05) is 35.8 Å². The van der Waals surface area contributed by atoms with Crippen molar-refractivity contribution >= 4 is 23.4 Å². The van der Waals surface area contributed by atoms with E-state index in [1.807, 2.05) is 6.92 Å². The normalized spacial score (nSPS) is 17.2. The number of fused-ring (bicyclic) bond motifs is 1. The monoisotopic (exact) mass is 656 g/mol. The van der Waals surface area contributed by atoms with Gasteiger partial charge < -0.3 is 25.2 Å². The number of ether oxygens (including phenoxy) is 2. The molecule has 2 aromatic heterocycles. The third-order valence-electron chi connectivity index (χ3n) is 7.26. The predicted molar refractivity (Wildman–Crippen MR) is 157 cm³/mol. The van der Waals surface area contributed by atoms with Gasteiger partial charge in [-0.2, -0.15) is 26.3 Å². The Balaban J connectivity index is 1.76. The maximum absolute atomic E-state index is 13.6. The fraction of sp³-hybridized carbons (Fsp3) is 0.467. The number of halogens is 6. The Labute approximate surface area is 261 Å². The number of aliphatic hydroxyl groups is 1. The quantitative estimate of drug-likeness (QED) is 0.207. The van der Waals surface area contributed by atoms with E-state index in [1.54, 1.807) is 19.1 Å². The average molecular weight is 657 g/mol. The minimum Gasteiger partial charge on any atom is -0.481 e. The summed E-state index contributed by atoms with van der Waals surface area (Å²) in [4.78, 5) is 27.8. The molecule has 3 atom stereocenters. The first kappa shape index (κ1) is 34.5. The summed E-state index contributed by atoms with van der Waals surface area (Å²) >= 11 is 0. The van der Waals surface area contributed by atoms with Crippen LogP contribution in [-0.2, 0) is 23.5 Å². The van der Waals surface area contributed by atoms with Crippen LogP contribution in [0.5, 0.6) is 5.88 Å². The van der Waals surface area contributed by atoms with Crippen molar-refractivity contribution in [3.63, 3.8) is 0 Å². The van der Waals surface area contributed by atoms with E-state index >= 15 is 0 Å². The number of amides is 1. The summed E-state index contributed by atoms with van der Waals surface area (Å²) < 4.78 is 91.9. The van der Waals surface area contributed by atoms with Gasteiger partial charge in [0.15, 0.2) is 0 Å². The van der Waals surface area contributed by atoms with Gasteiger partial charge in [0.2, 0.25) is 11.8 Å². The number of anilines is 3. The van der Waals surface area contributed by atoms with E-state index in [2.05, 4.69) is 25.6 Å². The number of aliphatic hydroxyl groups excluding tert-OH is 1. The molecule has 250 valence electrons. The number of hydrogen-bond acceptors (Lipinski definition) is 9. The van der Waals surface area contributed by atoms with E-state index in [0.29, 0.717) is 36.4 Å². The lowest BCUT2D eigenvalue weighted by atomic mass is 9.93. The van der Waals surface area contributed by atoms with Crippen LogP contribution in [0.3, 0.4) is 0 Å². The molecule has 0 radical (unpaired) electrons. The molecule has 0 bridgehead atoms. The van der Waals surface area contributed by atoms with E-state index < -0.39 is 48.1 Å². The van der Waals surface area contributed by atoms with Crippen LogP contribution in [0.2, 0.25) is 0 Å². The van der Waals surface area contributed by atoms with Crippen LogP contribution < -0.4 is 20.3 Å². The van der Waals surface area contributed by atoms with Gasteiger partial charge in [-0.05, 0) is 56.5 Å². The highest BCUT2D eigenvalue weighted by Crippen LogP contribution is 2.41. The lowest BCUT2D eigenvalue weighted by Gasteiger charge is -2.39. The lowest BCUT2D eigenvalue weighted by molar-refractivity contribution is -0.143. The van der Waals surface area contributed by atoms with Gasteiger partial charge >= 0.3 is 18.4 Å². The minimum absolute atomic E-state index is 0.0145. The summed E-state index contributed by atoms with van der Waals surface area (Å²) in [5, 5.41) is 15.8. The zero-order valence-electron chi connectivity index (χ0n) is 25.5. The van der Waals surface area contributed by atoms with E-state index in [-0.39, 0.29) is 54.0 Å². The van der Waals surface area contributed by atoms with Crippen LogP contribution in [0.4, 0.5) is 48.5 Å². The first-order chi connectivity index (χ1) is 21.6. The minimum atomic E-state index is -5.02. The number of aromatic nitrogens is 3. The summed E-state index contributed by atoms with van der Waals surface area (Å²) in [6.45, 7) is 5.27. The summed E-state index contributed by atoms with van der Waals surface area (Å²) in [6.07, 6.45) is -9.62. The third kappa shape index (κ3) is 8.08. The molecule has 0 fully saturated rings. The summed E-state index contributed by atoms with van der Waals surface area (Å²) in [6, 6.07) is 3.73. The highest BCUT2D eigenvalue weighted by Gasteiger charge is 2.39. The van der Waals surface area contributed by atoms with Gasteiger partial charge in [0.1, 0.15) is 0 Å². The number of benzene rings is 1. The zero-order valence-corrected chi connectivity index (χ0v) is 25.5. The highest BCUT2D eigenvalue weighted by molar-refractivity contribution is 5.90. The van der Waals surface area contributed by atoms with Crippen LogP contribution >= 0.6 is 0 Å². The highest BCUT2D eigenvalue weighted by atomic mass is 19.4. The Morgan fingerprint density at radius 3 is 2.33 bits per heavy atom. The van der Waals surface area contributed by atoms with Crippen LogP contribution in [0, 0.1) is 0 Å². The molecule has 1 aromatic carbocycles. The molecule has 1 aliphatic heterocycles. The van der Waals surface area contributed by atoms with Crippen molar-refractivity contribution in [3.8, 4) is 5.88 Å². The van der Waals surface area contributed by atoms with Crippen molar-refractivity contribution in [2.24, 2.45) is 0 Å². The van der Waals surface area contributed by atoms with Gasteiger partial charge in [0.05, 0.1) is 65.9 Å². The number of methoxy groups -OCH3 is 1. The van der Waals surface area contributed by atoms with Gasteiger partial charge in [-0.1, -0.05) is 6.92 Å². The van der Waals surface area contributed by atoms with Crippen LogP contribution in [0.1, 0.15) is 67.7 Å². The van der Waals surface area contributed by atoms with E-state index in [4.69, 9.17) is 9.47 Å². The average Bonchev–Trinajstić information content (AvgIpc) is 2.99. The van der Waals surface area contributed by atoms with Gasteiger partial charge in [-0.25, -0.2) is 19.7 Å². The molecule has 4 rings (SSSR count). The number of pyridine rings is 1. The second-order valence-corrected chi connectivity index (χ2v) is 10.7. The molecule has 1 unspecified atom stereocenters. The number of alkyl halides is 6. The number of nitrogens with one attached hydrogen (secondary N) is 2. The standard InChI is InChI=1S/C30H34F6N6O4/c1-5-20-13-22(26-24(7-8-25(41-26)45-4)42(20)28(44)46-6-2)40-27-38-15-23(37-14-16(3)43)21(39-27)11-17-9-18(29(31,32)33)12-19(10-17)30(34,35)36/h7-10,12,15-16,20,22,37,43H,5-6,11,13-14H2,1-4H3,(H,38,39,40)/t16?,20-,22+/m1/s1. The van der Waals surface area contributed by atoms with Crippen molar-refractivity contribution in [1.29, 1.82) is 0 Å². The summed E-state index contributed by atoms with van der Waals surface area (Å²) in [5.41, 5.74) is -1.99. The Morgan fingerprint density at radius 1 is 1.09 bits per heavy atom. The molecular weight excluding hydrogens is 622 g/mol. The molecule has 1 amide bonds. The molecule has 10 nitrogen and oxygen atoms in total. The number of hydrogen-bond donors (Lipinski definition) is 3. The van der Waals surface area contributed by atoms with Crippen molar-refractivity contribution < 1.29 is 45.7 Å². The van der Waals surface area contributed by atoms with Gasteiger partial charge in [-0.3, -0.25) is 4.90 Å². The van der Waals surface area contributed by atoms with E-state index in [9.17, 15) is 36.2 Å². The molecule has 16 heteroatoms. The topological polar surface area (TPSA) is 122 Å². The Morgan fingerprint density at radius 2 is 1.76 bits per heavy atom. The first-order valence-corrected chi connectivity index (χ1v) is 14.5. The Bertz CT molecular complexity index is 1500. The first-order valence-electron chi connectivity index (χ1n) is 14.5. The van der Waals surface area contributed by atoms with Crippen LogP contribution in [0.15, 0.2) is 36.5 Å². The Hall–Kier alpha value is -4.34. The summed E-state index contributed by atoms with van der Waals surface area (Å²) in [7, 11) is 1.43. The molecule has 0 saturated carbocycles. The molecule has 0 spiro atoms. The predicted octanol–water partition coefficient (Wildman–Crippen LogP) is 6.60. The molecule has 46 heavy (non-hydrogen) atoms. The largest absolute Gasteiger partial charge is 0.481 e. The summed E-state index contributed by atoms with van der Waals surface area (Å²) in [5.74, 6) is 0.286. The van der Waals surface area contributed by atoms with Gasteiger partial charge in [0, 0.05) is 25.1 Å². The van der Waals surface area contributed by atoms with Crippen LogP contribution in [0.25, 0.3) is 0 Å². The number of carbonyl (C=O) groups is 1. The molecule has 0 aliphatic carbocycles. The molecule has 1 aliphatic rings. The maximum atomic E-state index is 13.6. The fourth-order valence-electron chi connectivity index (χ4n) is 5.12. The lowest BCUT2D eigenvalue weighted by Crippen LogP contribution is -2.46. The second-order valence-electron chi connectivity index (χ2n) is 10.7. The van der Waals surface area contributed by atoms with Crippen molar-refractivity contribution in [3.05, 3.63) is 64.6 Å². The zero-order chi connectivity index (χ0) is 33.8. The number of rotatable bonds is 10. The van der Waals surface area contributed by atoms with Gasteiger partial charge in [-0.15, -0.1) is 0 Å². The third-order valence-corrected chi connectivity index (χ3v) is 7.26. The maximum Gasteiger partial charge on any atom is 0.416 e. The second kappa shape index (κ2) is 14.0. The van der Waals surface area contributed by atoms with E-state index in [1.165, 1.54) is 25.1 Å². The molecule has 0 saturated heterocycles. The van der Waals surface area contributed by atoms with Crippen LogP contribution in [-0.4, -0.2) is 58.6 Å².